The van der Waals surface area contributed by atoms with E-state index in [1.807, 2.05) is 97.1 Å². The Morgan fingerprint density at radius 3 is 1.78 bits per heavy atom. The molecule has 4 aromatic carbocycles. The highest BCUT2D eigenvalue weighted by Gasteiger charge is 2.30. The molecule has 0 saturated carbocycles. The Morgan fingerprint density at radius 2 is 1.19 bits per heavy atom. The van der Waals surface area contributed by atoms with E-state index in [0.717, 1.165) is 16.3 Å². The Morgan fingerprint density at radius 1 is 0.667 bits per heavy atom. The Bertz CT molecular complexity index is 1090. The van der Waals surface area contributed by atoms with E-state index < -0.39 is 7.37 Å². The molecule has 27 heavy (non-hydrogen) atoms. The first kappa shape index (κ1) is 17.3. The number of benzene rings is 4. The van der Waals surface area contributed by atoms with Crippen molar-refractivity contribution in [1.82, 2.24) is 0 Å². The number of hydrogen-bond donors (Lipinski definition) is 0. The molecule has 0 aliphatic carbocycles. The first-order chi connectivity index (χ1) is 13.2. The summed E-state index contributed by atoms with van der Waals surface area (Å²) in [5, 5.41) is 3.54. The maximum Gasteiger partial charge on any atom is 0.306 e. The fraction of sp³-hybridized carbons (Fsp3) is 0. The molecule has 0 aliphatic heterocycles. The summed E-state index contributed by atoms with van der Waals surface area (Å²) in [7, 11) is -3.31. The van der Waals surface area contributed by atoms with Gasteiger partial charge in [-0.1, -0.05) is 79.4 Å². The van der Waals surface area contributed by atoms with Crippen LogP contribution in [0.5, 0.6) is 0 Å². The van der Waals surface area contributed by atoms with Crippen LogP contribution >= 0.6 is 7.37 Å². The topological polar surface area (TPSA) is 26.3 Å². The quantitative estimate of drug-likeness (QED) is 0.330. The molecule has 0 N–H and O–H groups in total. The lowest BCUT2D eigenvalue weighted by Crippen LogP contribution is -2.17. The molecule has 3 heteroatoms. The molecule has 0 bridgehead atoms. The zero-order valence-corrected chi connectivity index (χ0v) is 15.7. The molecule has 0 fully saturated rings. The lowest BCUT2D eigenvalue weighted by molar-refractivity contribution is 0.482. The van der Waals surface area contributed by atoms with Crippen molar-refractivity contribution in [3.05, 3.63) is 115 Å². The van der Waals surface area contributed by atoms with Crippen LogP contribution in [-0.2, 0) is 9.09 Å². The van der Waals surface area contributed by atoms with Gasteiger partial charge in [-0.05, 0) is 41.1 Å². The van der Waals surface area contributed by atoms with E-state index in [1.165, 1.54) is 0 Å². The average Bonchev–Trinajstić information content (AvgIpc) is 2.74. The summed E-state index contributed by atoms with van der Waals surface area (Å²) >= 11 is 0. The molecule has 0 unspecified atom stereocenters. The van der Waals surface area contributed by atoms with Gasteiger partial charge in [0.25, 0.3) is 0 Å². The minimum atomic E-state index is -3.31. The van der Waals surface area contributed by atoms with Crippen molar-refractivity contribution >= 4 is 34.5 Å². The fourth-order valence-corrected chi connectivity index (χ4v) is 5.13. The van der Waals surface area contributed by atoms with Gasteiger partial charge in [-0.2, -0.15) is 0 Å². The molecule has 0 spiro atoms. The zero-order chi connectivity index (χ0) is 18.7. The first-order valence-electron chi connectivity index (χ1n) is 8.76. The molecule has 2 nitrogen and oxygen atoms in total. The van der Waals surface area contributed by atoms with Crippen LogP contribution in [0.4, 0.5) is 0 Å². The van der Waals surface area contributed by atoms with Gasteiger partial charge in [0.2, 0.25) is 0 Å². The Kier molecular flexibility index (Phi) is 4.66. The van der Waals surface area contributed by atoms with Crippen LogP contribution in [0.25, 0.3) is 16.5 Å². The molecular weight excluding hydrogens is 351 g/mol. The molecule has 0 amide bonds. The third-order valence-electron chi connectivity index (χ3n) is 4.50. The van der Waals surface area contributed by atoms with Crippen molar-refractivity contribution in [2.45, 2.75) is 0 Å². The van der Waals surface area contributed by atoms with Gasteiger partial charge in [0.15, 0.2) is 0 Å². The van der Waals surface area contributed by atoms with Crippen LogP contribution < -0.4 is 10.6 Å². The monoisotopic (exact) mass is 370 g/mol. The first-order valence-corrected chi connectivity index (χ1v) is 10.4. The highest BCUT2D eigenvalue weighted by Crippen LogP contribution is 2.48. The second-order valence-corrected chi connectivity index (χ2v) is 8.62. The number of fused-ring (bicyclic) bond motifs is 1. The SMILES string of the molecule is C=C(OP(=O)(c1ccccc1)c1ccccc1)c1ccc2ccccc2c1. The van der Waals surface area contributed by atoms with E-state index in [1.54, 1.807) is 0 Å². The average molecular weight is 370 g/mol. The lowest BCUT2D eigenvalue weighted by atomic mass is 10.1. The van der Waals surface area contributed by atoms with Crippen molar-refractivity contribution in [3.8, 4) is 0 Å². The van der Waals surface area contributed by atoms with Gasteiger partial charge in [-0.3, -0.25) is 4.57 Å². The smallest absolute Gasteiger partial charge is 0.306 e. The van der Waals surface area contributed by atoms with Gasteiger partial charge >= 0.3 is 7.37 Å². The van der Waals surface area contributed by atoms with Crippen LogP contribution in [0.15, 0.2) is 110 Å². The number of hydrogen-bond acceptors (Lipinski definition) is 2. The standard InChI is InChI=1S/C24H19O2P/c1-19(21-17-16-20-10-8-9-11-22(20)18-21)26-27(25,23-12-4-2-5-13-23)24-14-6-3-7-15-24/h2-18H,1H2. The second kappa shape index (κ2) is 7.26. The van der Waals surface area contributed by atoms with Gasteiger partial charge in [-0.25, -0.2) is 0 Å². The van der Waals surface area contributed by atoms with Crippen molar-refractivity contribution in [3.63, 3.8) is 0 Å². The highest BCUT2D eigenvalue weighted by atomic mass is 31.2. The molecule has 132 valence electrons. The third-order valence-corrected chi connectivity index (χ3v) is 6.94. The summed E-state index contributed by atoms with van der Waals surface area (Å²) in [5.74, 6) is 0.400. The van der Waals surface area contributed by atoms with Gasteiger partial charge < -0.3 is 4.52 Å². The molecule has 4 aromatic rings. The predicted octanol–water partition coefficient (Wildman–Crippen LogP) is 5.76. The molecular formula is C24H19O2P. The highest BCUT2D eigenvalue weighted by molar-refractivity contribution is 7.74. The normalized spacial score (nSPS) is 11.3. The van der Waals surface area contributed by atoms with E-state index in [9.17, 15) is 4.57 Å². The summed E-state index contributed by atoms with van der Waals surface area (Å²) in [6, 6.07) is 32.7. The van der Waals surface area contributed by atoms with Crippen LogP contribution in [0.2, 0.25) is 0 Å². The van der Waals surface area contributed by atoms with E-state index in [4.69, 9.17) is 4.52 Å². The predicted molar refractivity (Wildman–Crippen MR) is 114 cm³/mol. The van der Waals surface area contributed by atoms with Crippen LogP contribution in [0, 0.1) is 0 Å². The van der Waals surface area contributed by atoms with Crippen molar-refractivity contribution in [1.29, 1.82) is 0 Å². The maximum absolute atomic E-state index is 14.0. The van der Waals surface area contributed by atoms with E-state index in [2.05, 4.69) is 12.6 Å². The van der Waals surface area contributed by atoms with E-state index in [-0.39, 0.29) is 0 Å². The van der Waals surface area contributed by atoms with Crippen molar-refractivity contribution < 1.29 is 9.09 Å². The zero-order valence-electron chi connectivity index (χ0n) is 14.8. The second-order valence-electron chi connectivity index (χ2n) is 6.30. The minimum absolute atomic E-state index is 0.400. The maximum atomic E-state index is 14.0. The molecule has 0 heterocycles. The number of rotatable bonds is 5. The summed E-state index contributed by atoms with van der Waals surface area (Å²) in [6.45, 7) is 4.07. The van der Waals surface area contributed by atoms with Crippen LogP contribution in [0.3, 0.4) is 0 Å². The summed E-state index contributed by atoms with van der Waals surface area (Å²) < 4.78 is 20.1. The molecule has 0 radical (unpaired) electrons. The molecule has 0 atom stereocenters. The summed E-state index contributed by atoms with van der Waals surface area (Å²) in [5.41, 5.74) is 0.820. The Labute approximate surface area is 159 Å². The van der Waals surface area contributed by atoms with Gasteiger partial charge in [0, 0.05) is 5.56 Å². The third kappa shape index (κ3) is 3.45. The van der Waals surface area contributed by atoms with E-state index in [0.29, 0.717) is 16.4 Å². The molecule has 0 aromatic heterocycles. The van der Waals surface area contributed by atoms with Gasteiger partial charge in [0.1, 0.15) is 5.76 Å². The minimum Gasteiger partial charge on any atom is -0.437 e. The largest absolute Gasteiger partial charge is 0.437 e. The van der Waals surface area contributed by atoms with Gasteiger partial charge in [0.05, 0.1) is 10.6 Å². The van der Waals surface area contributed by atoms with Gasteiger partial charge in [-0.15, -0.1) is 0 Å². The van der Waals surface area contributed by atoms with Crippen LogP contribution in [0.1, 0.15) is 5.56 Å². The van der Waals surface area contributed by atoms with Crippen LogP contribution in [-0.4, -0.2) is 0 Å². The lowest BCUT2D eigenvalue weighted by Gasteiger charge is -2.22. The molecule has 0 saturated heterocycles. The van der Waals surface area contributed by atoms with Crippen molar-refractivity contribution in [2.24, 2.45) is 0 Å². The molecule has 4 rings (SSSR count). The molecule has 0 aliphatic rings. The Hall–Kier alpha value is -3.09. The summed E-state index contributed by atoms with van der Waals surface area (Å²) in [4.78, 5) is 0. The summed E-state index contributed by atoms with van der Waals surface area (Å²) in [6.07, 6.45) is 0. The fourth-order valence-electron chi connectivity index (χ4n) is 3.07. The Balaban J connectivity index is 1.75. The van der Waals surface area contributed by atoms with Crippen molar-refractivity contribution in [2.75, 3.05) is 0 Å². The van der Waals surface area contributed by atoms with E-state index >= 15 is 0 Å².